The molecule has 2 bridgehead atoms. The zero-order valence-electron chi connectivity index (χ0n) is 15.0. The van der Waals surface area contributed by atoms with Crippen molar-refractivity contribution in [2.24, 2.45) is 0 Å². The lowest BCUT2D eigenvalue weighted by molar-refractivity contribution is -0.0999. The zero-order chi connectivity index (χ0) is 17.6. The van der Waals surface area contributed by atoms with Gasteiger partial charge in [0.25, 0.3) is 0 Å². The van der Waals surface area contributed by atoms with Crippen LogP contribution in [0.4, 0.5) is 0 Å². The number of imidazole rings is 1. The number of pyridine rings is 1. The summed E-state index contributed by atoms with van der Waals surface area (Å²) in [6.45, 7) is 0.992. The van der Waals surface area contributed by atoms with Crippen LogP contribution in [-0.2, 0) is 12.1 Å². The Labute approximate surface area is 154 Å². The summed E-state index contributed by atoms with van der Waals surface area (Å²) < 4.78 is 2.00. The molecule has 134 valence electrons. The molecule has 4 heterocycles. The third-order valence-electron chi connectivity index (χ3n) is 6.30. The predicted molar refractivity (Wildman–Crippen MR) is 102 cm³/mol. The van der Waals surface area contributed by atoms with E-state index in [9.17, 15) is 5.11 Å². The number of nitrogens with zero attached hydrogens (tertiary/aromatic N) is 3. The van der Waals surface area contributed by atoms with Gasteiger partial charge in [0.1, 0.15) is 5.65 Å². The summed E-state index contributed by atoms with van der Waals surface area (Å²) in [7, 11) is 0. The van der Waals surface area contributed by atoms with Crippen molar-refractivity contribution in [2.45, 2.75) is 56.3 Å². The molecule has 2 fully saturated rings. The van der Waals surface area contributed by atoms with Crippen LogP contribution in [-0.4, -0.2) is 31.5 Å². The van der Waals surface area contributed by atoms with Crippen molar-refractivity contribution in [3.05, 3.63) is 72.2 Å². The summed E-state index contributed by atoms with van der Waals surface area (Å²) in [5.74, 6) is 0. The van der Waals surface area contributed by atoms with Crippen LogP contribution in [0.1, 0.15) is 43.2 Å². The molecule has 0 amide bonds. The number of aromatic nitrogens is 2. The summed E-state index contributed by atoms with van der Waals surface area (Å²) in [4.78, 5) is 7.03. The highest BCUT2D eigenvalue weighted by molar-refractivity contribution is 5.43. The highest BCUT2D eigenvalue weighted by atomic mass is 16.3. The first-order valence-corrected chi connectivity index (χ1v) is 9.67. The van der Waals surface area contributed by atoms with Crippen molar-refractivity contribution < 1.29 is 5.11 Å². The van der Waals surface area contributed by atoms with E-state index < -0.39 is 5.60 Å². The van der Waals surface area contributed by atoms with Gasteiger partial charge in [-0.2, -0.15) is 0 Å². The maximum Gasteiger partial charge on any atom is 0.137 e. The first kappa shape index (κ1) is 16.0. The monoisotopic (exact) mass is 347 g/mol. The summed E-state index contributed by atoms with van der Waals surface area (Å²) in [6.07, 6.45) is 11.0. The van der Waals surface area contributed by atoms with Gasteiger partial charge in [0.15, 0.2) is 0 Å². The van der Waals surface area contributed by atoms with Gasteiger partial charge in [0.2, 0.25) is 0 Å². The number of hydrogen-bond donors (Lipinski definition) is 1. The Morgan fingerprint density at radius 3 is 2.58 bits per heavy atom. The van der Waals surface area contributed by atoms with Crippen LogP contribution in [0.25, 0.3) is 5.65 Å². The van der Waals surface area contributed by atoms with Crippen LogP contribution >= 0.6 is 0 Å². The second kappa shape index (κ2) is 6.22. The van der Waals surface area contributed by atoms with E-state index in [-0.39, 0.29) is 0 Å². The van der Waals surface area contributed by atoms with Crippen LogP contribution in [0.15, 0.2) is 61.1 Å². The molecule has 26 heavy (non-hydrogen) atoms. The molecule has 2 atom stereocenters. The largest absolute Gasteiger partial charge is 0.385 e. The summed E-state index contributed by atoms with van der Waals surface area (Å²) >= 11 is 0. The average molecular weight is 347 g/mol. The molecule has 2 unspecified atom stereocenters. The van der Waals surface area contributed by atoms with E-state index in [1.807, 2.05) is 16.8 Å². The molecule has 2 aliphatic heterocycles. The topological polar surface area (TPSA) is 40.8 Å². The third kappa shape index (κ3) is 2.74. The van der Waals surface area contributed by atoms with Crippen LogP contribution in [0.2, 0.25) is 0 Å². The van der Waals surface area contributed by atoms with Gasteiger partial charge in [0, 0.05) is 37.2 Å². The fraction of sp³-hybridized carbons (Fsp3) is 0.409. The van der Waals surface area contributed by atoms with Crippen molar-refractivity contribution in [3.63, 3.8) is 0 Å². The van der Waals surface area contributed by atoms with Crippen LogP contribution in [0.5, 0.6) is 0 Å². The SMILES string of the molecule is OC1(c2ccn3ccnc3c2)CC2CCCC(C1)N2Cc1ccccc1. The Bertz CT molecular complexity index is 890. The summed E-state index contributed by atoms with van der Waals surface area (Å²) in [5, 5.41) is 11.6. The second-order valence-corrected chi connectivity index (χ2v) is 7.94. The molecular formula is C22H25N3O. The second-order valence-electron chi connectivity index (χ2n) is 7.94. The lowest BCUT2D eigenvalue weighted by Gasteiger charge is -2.52. The van der Waals surface area contributed by atoms with Crippen LogP contribution in [0, 0.1) is 0 Å². The lowest BCUT2D eigenvalue weighted by atomic mass is 9.72. The van der Waals surface area contributed by atoms with E-state index in [0.29, 0.717) is 12.1 Å². The Kier molecular flexibility index (Phi) is 3.84. The van der Waals surface area contributed by atoms with Gasteiger partial charge in [0.05, 0.1) is 5.60 Å². The van der Waals surface area contributed by atoms with Crippen LogP contribution in [0.3, 0.4) is 0 Å². The molecule has 2 aliphatic rings. The van der Waals surface area contributed by atoms with E-state index in [2.05, 4.69) is 52.3 Å². The van der Waals surface area contributed by atoms with Crippen molar-refractivity contribution in [1.82, 2.24) is 14.3 Å². The quantitative estimate of drug-likeness (QED) is 0.785. The molecule has 0 spiro atoms. The minimum Gasteiger partial charge on any atom is -0.385 e. The molecule has 5 rings (SSSR count). The van der Waals surface area contributed by atoms with Gasteiger partial charge < -0.3 is 9.51 Å². The number of rotatable bonds is 3. The van der Waals surface area contributed by atoms with Crippen molar-refractivity contribution in [1.29, 1.82) is 0 Å². The number of hydrogen-bond acceptors (Lipinski definition) is 3. The van der Waals surface area contributed by atoms with Gasteiger partial charge in [-0.1, -0.05) is 36.8 Å². The van der Waals surface area contributed by atoms with Gasteiger partial charge in [-0.3, -0.25) is 4.90 Å². The number of piperidine rings is 2. The highest BCUT2D eigenvalue weighted by Crippen LogP contribution is 2.45. The molecule has 0 radical (unpaired) electrons. The van der Waals surface area contributed by atoms with Gasteiger partial charge in [-0.05, 0) is 48.9 Å². The minimum absolute atomic E-state index is 0.448. The van der Waals surface area contributed by atoms with E-state index in [4.69, 9.17) is 0 Å². The van der Waals surface area contributed by atoms with E-state index in [0.717, 1.165) is 30.6 Å². The molecule has 4 heteroatoms. The molecule has 0 saturated carbocycles. The molecule has 2 saturated heterocycles. The molecule has 0 aliphatic carbocycles. The maximum absolute atomic E-state index is 11.6. The number of aliphatic hydroxyl groups is 1. The number of fused-ring (bicyclic) bond motifs is 3. The Hall–Kier alpha value is -2.17. The predicted octanol–water partition coefficient (Wildman–Crippen LogP) is 3.74. The average Bonchev–Trinajstić information content (AvgIpc) is 3.11. The highest BCUT2D eigenvalue weighted by Gasteiger charge is 2.46. The van der Waals surface area contributed by atoms with Crippen molar-refractivity contribution in [2.75, 3.05) is 0 Å². The van der Waals surface area contributed by atoms with E-state index >= 15 is 0 Å². The van der Waals surface area contributed by atoms with E-state index in [1.165, 1.54) is 24.8 Å². The fourth-order valence-corrected chi connectivity index (χ4v) is 5.01. The van der Waals surface area contributed by atoms with Crippen LogP contribution < -0.4 is 0 Å². The summed E-state index contributed by atoms with van der Waals surface area (Å²) in [6, 6.07) is 15.7. The molecular weight excluding hydrogens is 322 g/mol. The lowest BCUT2D eigenvalue weighted by Crippen LogP contribution is -2.56. The normalized spacial score (nSPS) is 29.1. The first-order chi connectivity index (χ1) is 12.7. The molecule has 1 aromatic carbocycles. The standard InChI is InChI=1S/C22H25N3O/c26-22(18-9-11-24-12-10-23-21(24)13-18)14-19-7-4-8-20(15-22)25(19)16-17-5-2-1-3-6-17/h1-3,5-6,9-13,19-20,26H,4,7-8,14-16H2. The Morgan fingerprint density at radius 2 is 1.81 bits per heavy atom. The van der Waals surface area contributed by atoms with Crippen molar-refractivity contribution in [3.8, 4) is 0 Å². The third-order valence-corrected chi connectivity index (χ3v) is 6.30. The van der Waals surface area contributed by atoms with E-state index in [1.54, 1.807) is 6.20 Å². The molecule has 3 aromatic rings. The zero-order valence-corrected chi connectivity index (χ0v) is 15.0. The van der Waals surface area contributed by atoms with Crippen molar-refractivity contribution >= 4 is 5.65 Å². The van der Waals surface area contributed by atoms with Gasteiger partial charge in [-0.15, -0.1) is 0 Å². The molecule has 2 aromatic heterocycles. The van der Waals surface area contributed by atoms with Gasteiger partial charge in [-0.25, -0.2) is 4.98 Å². The first-order valence-electron chi connectivity index (χ1n) is 9.67. The fourth-order valence-electron chi connectivity index (χ4n) is 5.01. The van der Waals surface area contributed by atoms with Gasteiger partial charge >= 0.3 is 0 Å². The maximum atomic E-state index is 11.6. The number of benzene rings is 1. The molecule has 4 nitrogen and oxygen atoms in total. The minimum atomic E-state index is -0.739. The Morgan fingerprint density at radius 1 is 1.04 bits per heavy atom. The molecule has 1 N–H and O–H groups in total. The Balaban J connectivity index is 1.43. The smallest absolute Gasteiger partial charge is 0.137 e. The summed E-state index contributed by atoms with van der Waals surface area (Å²) in [5.41, 5.74) is 2.56.